The minimum atomic E-state index is -0.139. The molecule has 2 aliphatic rings. The smallest absolute Gasteiger partial charge is 0.239 e. The topological polar surface area (TPSA) is 84.2 Å². The zero-order chi connectivity index (χ0) is 13.7. The molecule has 0 aliphatic heterocycles. The third kappa shape index (κ3) is 5.67. The molecule has 20 heavy (non-hydrogen) atoms. The van der Waals surface area contributed by atoms with Crippen LogP contribution >= 0.6 is 12.4 Å². The van der Waals surface area contributed by atoms with E-state index >= 15 is 0 Å². The van der Waals surface area contributed by atoms with Crippen molar-refractivity contribution in [3.05, 3.63) is 0 Å². The lowest BCUT2D eigenvalue weighted by atomic mass is 9.89. The summed E-state index contributed by atoms with van der Waals surface area (Å²) in [6.45, 7) is 0.593. The molecule has 0 aromatic heterocycles. The van der Waals surface area contributed by atoms with Gasteiger partial charge in [-0.15, -0.1) is 12.4 Å². The lowest BCUT2D eigenvalue weighted by Crippen LogP contribution is -2.44. The number of carbonyl (C=O) groups excluding carboxylic acids is 2. The van der Waals surface area contributed by atoms with E-state index in [0.717, 1.165) is 25.7 Å². The Bertz CT molecular complexity index is 328. The minimum absolute atomic E-state index is 0. The number of nitrogens with one attached hydrogen (secondary N) is 2. The molecule has 0 aromatic carbocycles. The second kappa shape index (κ2) is 8.47. The highest BCUT2D eigenvalue weighted by molar-refractivity contribution is 5.86. The van der Waals surface area contributed by atoms with Crippen molar-refractivity contribution in [3.63, 3.8) is 0 Å². The third-order valence-electron chi connectivity index (χ3n) is 4.16. The maximum atomic E-state index is 11.8. The van der Waals surface area contributed by atoms with Crippen LogP contribution in [0.2, 0.25) is 0 Å². The molecule has 0 heterocycles. The van der Waals surface area contributed by atoms with Gasteiger partial charge in [0, 0.05) is 18.5 Å². The maximum absolute atomic E-state index is 11.8. The normalized spacial score (nSPS) is 20.6. The van der Waals surface area contributed by atoms with Gasteiger partial charge in [0.25, 0.3) is 0 Å². The van der Waals surface area contributed by atoms with E-state index in [0.29, 0.717) is 12.5 Å². The van der Waals surface area contributed by atoms with Gasteiger partial charge in [-0.05, 0) is 31.6 Å². The predicted octanol–water partition coefficient (Wildman–Crippen LogP) is 0.958. The summed E-state index contributed by atoms with van der Waals surface area (Å²) in [7, 11) is 0. The van der Waals surface area contributed by atoms with E-state index in [1.54, 1.807) is 0 Å². The minimum Gasteiger partial charge on any atom is -0.353 e. The van der Waals surface area contributed by atoms with Crippen molar-refractivity contribution in [1.82, 2.24) is 10.6 Å². The van der Waals surface area contributed by atoms with Gasteiger partial charge in [0.05, 0.1) is 6.54 Å². The Kier molecular flexibility index (Phi) is 7.30. The number of carbonyl (C=O) groups is 2. The summed E-state index contributed by atoms with van der Waals surface area (Å²) >= 11 is 0. The lowest BCUT2D eigenvalue weighted by molar-refractivity contribution is -0.129. The van der Waals surface area contributed by atoms with Crippen LogP contribution in [-0.4, -0.2) is 30.9 Å². The summed E-state index contributed by atoms with van der Waals surface area (Å²) in [6.07, 6.45) is 7.75. The van der Waals surface area contributed by atoms with E-state index in [-0.39, 0.29) is 42.7 Å². The van der Waals surface area contributed by atoms with Crippen molar-refractivity contribution in [1.29, 1.82) is 0 Å². The summed E-state index contributed by atoms with van der Waals surface area (Å²) in [4.78, 5) is 23.4. The molecule has 2 aliphatic carbocycles. The van der Waals surface area contributed by atoms with Crippen LogP contribution in [-0.2, 0) is 9.59 Å². The fraction of sp³-hybridized carbons (Fsp3) is 0.857. The monoisotopic (exact) mass is 303 g/mol. The molecule has 2 amide bonds. The molecule has 1 atom stereocenters. The van der Waals surface area contributed by atoms with Crippen molar-refractivity contribution in [3.8, 4) is 0 Å². The van der Waals surface area contributed by atoms with Crippen LogP contribution < -0.4 is 16.4 Å². The van der Waals surface area contributed by atoms with E-state index in [4.69, 9.17) is 5.73 Å². The highest BCUT2D eigenvalue weighted by Gasteiger charge is 2.28. The summed E-state index contributed by atoms with van der Waals surface area (Å²) < 4.78 is 0. The fourth-order valence-electron chi connectivity index (χ4n) is 2.66. The summed E-state index contributed by atoms with van der Waals surface area (Å²) in [5.41, 5.74) is 5.90. The molecule has 0 bridgehead atoms. The quantitative estimate of drug-likeness (QED) is 0.683. The van der Waals surface area contributed by atoms with Crippen LogP contribution in [0.25, 0.3) is 0 Å². The van der Waals surface area contributed by atoms with Gasteiger partial charge in [-0.3, -0.25) is 9.59 Å². The number of amides is 2. The van der Waals surface area contributed by atoms with Gasteiger partial charge >= 0.3 is 0 Å². The molecular weight excluding hydrogens is 278 g/mol. The maximum Gasteiger partial charge on any atom is 0.239 e. The predicted molar refractivity (Wildman–Crippen MR) is 80.5 cm³/mol. The van der Waals surface area contributed by atoms with Crippen molar-refractivity contribution >= 4 is 24.2 Å². The molecule has 2 saturated carbocycles. The molecule has 0 spiro atoms. The average molecular weight is 304 g/mol. The molecule has 4 N–H and O–H groups in total. The van der Waals surface area contributed by atoms with E-state index in [1.807, 2.05) is 0 Å². The van der Waals surface area contributed by atoms with Gasteiger partial charge in [-0.2, -0.15) is 0 Å². The van der Waals surface area contributed by atoms with Crippen molar-refractivity contribution in [2.24, 2.45) is 17.6 Å². The SMILES string of the molecule is Cl.NC(CNC(=O)CNC(=O)C1CCCCC1)C1CC1. The van der Waals surface area contributed by atoms with Crippen molar-refractivity contribution in [2.75, 3.05) is 13.1 Å². The fourth-order valence-corrected chi connectivity index (χ4v) is 2.66. The van der Waals surface area contributed by atoms with Crippen LogP contribution in [0, 0.1) is 11.8 Å². The first-order valence-corrected chi connectivity index (χ1v) is 7.47. The lowest BCUT2D eigenvalue weighted by Gasteiger charge is -2.20. The molecule has 0 saturated heterocycles. The first-order valence-electron chi connectivity index (χ1n) is 7.47. The average Bonchev–Trinajstić information content (AvgIpc) is 3.27. The van der Waals surface area contributed by atoms with Gasteiger partial charge in [0.1, 0.15) is 0 Å². The molecule has 6 heteroatoms. The van der Waals surface area contributed by atoms with Gasteiger partial charge in [0.15, 0.2) is 0 Å². The van der Waals surface area contributed by atoms with Crippen LogP contribution in [0.1, 0.15) is 44.9 Å². The number of nitrogens with two attached hydrogens (primary N) is 1. The number of hydrogen-bond donors (Lipinski definition) is 3. The van der Waals surface area contributed by atoms with Gasteiger partial charge in [-0.25, -0.2) is 0 Å². The molecule has 2 fully saturated rings. The molecule has 0 aromatic rings. The van der Waals surface area contributed by atoms with Crippen LogP contribution in [0.15, 0.2) is 0 Å². The molecule has 1 unspecified atom stereocenters. The number of halogens is 1. The molecule has 0 radical (unpaired) electrons. The Morgan fingerprint density at radius 3 is 2.30 bits per heavy atom. The highest BCUT2D eigenvalue weighted by atomic mass is 35.5. The first-order chi connectivity index (χ1) is 9.16. The Balaban J connectivity index is 0.00000200. The summed E-state index contributed by atoms with van der Waals surface area (Å²) in [6, 6.07) is 0.0676. The molecule has 116 valence electrons. The Hall–Kier alpha value is -0.810. The zero-order valence-electron chi connectivity index (χ0n) is 11.9. The number of rotatable bonds is 6. The van der Waals surface area contributed by atoms with Gasteiger partial charge < -0.3 is 16.4 Å². The Labute approximate surface area is 126 Å². The van der Waals surface area contributed by atoms with E-state index in [1.165, 1.54) is 19.3 Å². The second-order valence-corrected chi connectivity index (χ2v) is 5.86. The summed E-state index contributed by atoms with van der Waals surface area (Å²) in [5.74, 6) is 0.578. The van der Waals surface area contributed by atoms with Crippen LogP contribution in [0.5, 0.6) is 0 Å². The second-order valence-electron chi connectivity index (χ2n) is 5.86. The molecule has 5 nitrogen and oxygen atoms in total. The van der Waals surface area contributed by atoms with Gasteiger partial charge in [-0.1, -0.05) is 19.3 Å². The summed E-state index contributed by atoms with van der Waals surface area (Å²) in [5, 5.41) is 5.51. The highest BCUT2D eigenvalue weighted by Crippen LogP contribution is 2.31. The first kappa shape index (κ1) is 17.2. The van der Waals surface area contributed by atoms with Crippen molar-refractivity contribution in [2.45, 2.75) is 51.0 Å². The standard InChI is InChI=1S/C14H25N3O2.ClH/c15-12(10-6-7-10)8-16-13(18)9-17-14(19)11-4-2-1-3-5-11;/h10-12H,1-9,15H2,(H,16,18)(H,17,19);1H. The van der Waals surface area contributed by atoms with Crippen LogP contribution in [0.4, 0.5) is 0 Å². The van der Waals surface area contributed by atoms with E-state index in [9.17, 15) is 9.59 Å². The van der Waals surface area contributed by atoms with Crippen molar-refractivity contribution < 1.29 is 9.59 Å². The Morgan fingerprint density at radius 1 is 1.05 bits per heavy atom. The largest absolute Gasteiger partial charge is 0.353 e. The van der Waals surface area contributed by atoms with Crippen LogP contribution in [0.3, 0.4) is 0 Å². The number of hydrogen-bond acceptors (Lipinski definition) is 3. The van der Waals surface area contributed by atoms with Gasteiger partial charge in [0.2, 0.25) is 11.8 Å². The zero-order valence-corrected chi connectivity index (χ0v) is 12.7. The van der Waals surface area contributed by atoms with E-state index in [2.05, 4.69) is 10.6 Å². The molecular formula is C14H26ClN3O2. The van der Waals surface area contributed by atoms with E-state index < -0.39 is 0 Å². The Morgan fingerprint density at radius 2 is 1.70 bits per heavy atom. The molecule has 2 rings (SSSR count). The third-order valence-corrected chi connectivity index (χ3v) is 4.16.